The fraction of sp³-hybridized carbons (Fsp3) is 0.154. The summed E-state index contributed by atoms with van der Waals surface area (Å²) in [6, 6.07) is 7.80. The minimum absolute atomic E-state index is 0.277. The summed E-state index contributed by atoms with van der Waals surface area (Å²) in [5.41, 5.74) is 7.14. The van der Waals surface area contributed by atoms with Gasteiger partial charge in [-0.1, -0.05) is 27.5 Å². The summed E-state index contributed by atoms with van der Waals surface area (Å²) in [7, 11) is 0. The van der Waals surface area contributed by atoms with Gasteiger partial charge >= 0.3 is 0 Å². The number of rotatable bonds is 3. The highest BCUT2D eigenvalue weighted by Gasteiger charge is 2.14. The molecule has 94 valence electrons. The van der Waals surface area contributed by atoms with Crippen LogP contribution in [0.3, 0.4) is 0 Å². The molecule has 1 aromatic carbocycles. The van der Waals surface area contributed by atoms with E-state index in [2.05, 4.69) is 20.9 Å². The molecule has 0 aliphatic carbocycles. The molecular weight excluding hydrogens is 319 g/mol. The fourth-order valence-electron chi connectivity index (χ4n) is 1.70. The molecule has 0 saturated heterocycles. The van der Waals surface area contributed by atoms with E-state index in [0.717, 1.165) is 4.47 Å². The lowest BCUT2D eigenvalue weighted by molar-refractivity contribution is 0.589. The SMILES string of the molecule is NC(Cc1cc(Br)ccc1F)c1ncccc1Cl. The van der Waals surface area contributed by atoms with Crippen LogP contribution < -0.4 is 5.73 Å². The van der Waals surface area contributed by atoms with Crippen LogP contribution in [0.1, 0.15) is 17.3 Å². The van der Waals surface area contributed by atoms with E-state index in [9.17, 15) is 4.39 Å². The van der Waals surface area contributed by atoms with Gasteiger partial charge in [-0.3, -0.25) is 4.98 Å². The molecule has 0 radical (unpaired) electrons. The van der Waals surface area contributed by atoms with Gasteiger partial charge in [-0.15, -0.1) is 0 Å². The largest absolute Gasteiger partial charge is 0.322 e. The van der Waals surface area contributed by atoms with Crippen molar-refractivity contribution in [1.29, 1.82) is 0 Å². The van der Waals surface area contributed by atoms with E-state index in [-0.39, 0.29) is 5.82 Å². The first-order chi connectivity index (χ1) is 8.58. The van der Waals surface area contributed by atoms with Crippen LogP contribution in [-0.2, 0) is 6.42 Å². The molecule has 0 bridgehead atoms. The molecule has 0 saturated carbocycles. The normalized spacial score (nSPS) is 12.4. The first kappa shape index (κ1) is 13.5. The van der Waals surface area contributed by atoms with Gasteiger partial charge in [0.1, 0.15) is 5.82 Å². The molecule has 1 aromatic heterocycles. The first-order valence-electron chi connectivity index (χ1n) is 5.38. The van der Waals surface area contributed by atoms with Gasteiger partial charge < -0.3 is 5.73 Å². The van der Waals surface area contributed by atoms with Crippen LogP contribution in [0.4, 0.5) is 4.39 Å². The van der Waals surface area contributed by atoms with Crippen LogP contribution in [0, 0.1) is 5.82 Å². The summed E-state index contributed by atoms with van der Waals surface area (Å²) in [6.45, 7) is 0. The Morgan fingerprint density at radius 1 is 1.39 bits per heavy atom. The summed E-state index contributed by atoms with van der Waals surface area (Å²) < 4.78 is 14.4. The Morgan fingerprint density at radius 2 is 2.17 bits per heavy atom. The Labute approximate surface area is 118 Å². The monoisotopic (exact) mass is 328 g/mol. The smallest absolute Gasteiger partial charge is 0.126 e. The van der Waals surface area contributed by atoms with E-state index >= 15 is 0 Å². The number of benzene rings is 1. The van der Waals surface area contributed by atoms with Crippen LogP contribution in [0.5, 0.6) is 0 Å². The summed E-state index contributed by atoms with van der Waals surface area (Å²) in [5.74, 6) is -0.277. The zero-order valence-electron chi connectivity index (χ0n) is 9.41. The number of halogens is 3. The predicted octanol–water partition coefficient (Wildman–Crippen LogP) is 3.88. The van der Waals surface area contributed by atoms with Gasteiger partial charge in [0.05, 0.1) is 16.8 Å². The Bertz CT molecular complexity index is 562. The fourth-order valence-corrected chi connectivity index (χ4v) is 2.37. The maximum Gasteiger partial charge on any atom is 0.126 e. The Kier molecular flexibility index (Phi) is 4.32. The summed E-state index contributed by atoms with van der Waals surface area (Å²) >= 11 is 9.32. The zero-order valence-corrected chi connectivity index (χ0v) is 11.7. The lowest BCUT2D eigenvalue weighted by Crippen LogP contribution is -2.16. The van der Waals surface area contributed by atoms with Crippen molar-refractivity contribution in [2.24, 2.45) is 5.73 Å². The third-order valence-corrected chi connectivity index (χ3v) is 3.40. The van der Waals surface area contributed by atoms with E-state index < -0.39 is 6.04 Å². The molecule has 0 aliphatic heterocycles. The summed E-state index contributed by atoms with van der Waals surface area (Å²) in [5, 5.41) is 0.500. The maximum atomic E-state index is 13.6. The van der Waals surface area contributed by atoms with Crippen LogP contribution in [-0.4, -0.2) is 4.98 Å². The van der Waals surface area contributed by atoms with Crippen molar-refractivity contribution in [1.82, 2.24) is 4.98 Å². The first-order valence-corrected chi connectivity index (χ1v) is 6.55. The van der Waals surface area contributed by atoms with E-state index in [1.165, 1.54) is 6.07 Å². The Morgan fingerprint density at radius 3 is 2.89 bits per heavy atom. The van der Waals surface area contributed by atoms with Crippen molar-refractivity contribution in [3.63, 3.8) is 0 Å². The molecule has 0 spiro atoms. The summed E-state index contributed by atoms with van der Waals surface area (Å²) in [6.07, 6.45) is 1.97. The number of hydrogen-bond donors (Lipinski definition) is 1. The molecular formula is C13H11BrClFN2. The lowest BCUT2D eigenvalue weighted by Gasteiger charge is -2.13. The minimum atomic E-state index is -0.428. The average molecular weight is 330 g/mol. The van der Waals surface area contributed by atoms with Gasteiger partial charge in [-0.25, -0.2) is 4.39 Å². The minimum Gasteiger partial charge on any atom is -0.322 e. The van der Waals surface area contributed by atoms with Crippen LogP contribution in [0.15, 0.2) is 41.0 Å². The molecule has 2 N–H and O–H groups in total. The molecule has 1 atom stereocenters. The number of hydrogen-bond acceptors (Lipinski definition) is 2. The number of nitrogens with zero attached hydrogens (tertiary/aromatic N) is 1. The average Bonchev–Trinajstić information content (AvgIpc) is 2.34. The highest BCUT2D eigenvalue weighted by atomic mass is 79.9. The zero-order chi connectivity index (χ0) is 13.1. The van der Waals surface area contributed by atoms with Gasteiger partial charge in [-0.2, -0.15) is 0 Å². The van der Waals surface area contributed by atoms with Crippen LogP contribution in [0.2, 0.25) is 5.02 Å². The molecule has 5 heteroatoms. The third kappa shape index (κ3) is 3.07. The summed E-state index contributed by atoms with van der Waals surface area (Å²) in [4.78, 5) is 4.14. The highest BCUT2D eigenvalue weighted by molar-refractivity contribution is 9.10. The third-order valence-electron chi connectivity index (χ3n) is 2.59. The lowest BCUT2D eigenvalue weighted by atomic mass is 10.0. The second kappa shape index (κ2) is 5.78. The number of pyridine rings is 1. The second-order valence-electron chi connectivity index (χ2n) is 3.92. The number of nitrogens with two attached hydrogens (primary N) is 1. The molecule has 2 nitrogen and oxygen atoms in total. The molecule has 18 heavy (non-hydrogen) atoms. The van der Waals surface area contributed by atoms with E-state index in [4.69, 9.17) is 17.3 Å². The van der Waals surface area contributed by atoms with Crippen molar-refractivity contribution in [3.05, 3.63) is 63.1 Å². The van der Waals surface area contributed by atoms with Gasteiger partial charge in [-0.05, 0) is 42.3 Å². The standard InChI is InChI=1S/C13H11BrClFN2/c14-9-3-4-11(16)8(6-9)7-12(17)13-10(15)2-1-5-18-13/h1-6,12H,7,17H2. The number of aromatic nitrogens is 1. The molecule has 0 amide bonds. The van der Waals surface area contributed by atoms with E-state index in [1.54, 1.807) is 30.5 Å². The molecule has 1 heterocycles. The Hall–Kier alpha value is -0.970. The molecule has 2 rings (SSSR count). The topological polar surface area (TPSA) is 38.9 Å². The van der Waals surface area contributed by atoms with Crippen LogP contribution in [0.25, 0.3) is 0 Å². The van der Waals surface area contributed by atoms with E-state index in [1.807, 2.05) is 0 Å². The highest BCUT2D eigenvalue weighted by Crippen LogP contribution is 2.24. The van der Waals surface area contributed by atoms with E-state index in [0.29, 0.717) is 22.7 Å². The predicted molar refractivity (Wildman–Crippen MR) is 74.0 cm³/mol. The van der Waals surface area contributed by atoms with Crippen molar-refractivity contribution in [3.8, 4) is 0 Å². The van der Waals surface area contributed by atoms with Crippen molar-refractivity contribution in [2.45, 2.75) is 12.5 Å². The van der Waals surface area contributed by atoms with Crippen molar-refractivity contribution < 1.29 is 4.39 Å². The van der Waals surface area contributed by atoms with Gasteiger partial charge in [0, 0.05) is 10.7 Å². The van der Waals surface area contributed by atoms with Crippen molar-refractivity contribution >= 4 is 27.5 Å². The molecule has 0 aliphatic rings. The molecule has 1 unspecified atom stereocenters. The van der Waals surface area contributed by atoms with Crippen LogP contribution >= 0.6 is 27.5 Å². The Balaban J connectivity index is 2.24. The quantitative estimate of drug-likeness (QED) is 0.928. The molecule has 2 aromatic rings. The second-order valence-corrected chi connectivity index (χ2v) is 5.24. The van der Waals surface area contributed by atoms with Gasteiger partial charge in [0.15, 0.2) is 0 Å². The molecule has 0 fully saturated rings. The van der Waals surface area contributed by atoms with Crippen molar-refractivity contribution in [2.75, 3.05) is 0 Å². The maximum absolute atomic E-state index is 13.6. The van der Waals surface area contributed by atoms with Gasteiger partial charge in [0.25, 0.3) is 0 Å². The van der Waals surface area contributed by atoms with Gasteiger partial charge in [0.2, 0.25) is 0 Å².